The topological polar surface area (TPSA) is 65.7 Å². The van der Waals surface area contributed by atoms with Crippen LogP contribution in [0.4, 0.5) is 5.69 Å². The van der Waals surface area contributed by atoms with Gasteiger partial charge in [0, 0.05) is 11.7 Å². The van der Waals surface area contributed by atoms with Crippen LogP contribution in [0.3, 0.4) is 0 Å². The second-order valence-electron chi connectivity index (χ2n) is 7.36. The van der Waals surface area contributed by atoms with Crippen LogP contribution in [0.5, 0.6) is 5.75 Å². The van der Waals surface area contributed by atoms with Crippen molar-refractivity contribution in [3.8, 4) is 5.75 Å². The van der Waals surface area contributed by atoms with Crippen molar-refractivity contribution in [1.82, 2.24) is 5.32 Å². The molecule has 4 rings (SSSR count). The molecule has 5 heteroatoms. The van der Waals surface area contributed by atoms with Gasteiger partial charge in [-0.05, 0) is 55.7 Å². The summed E-state index contributed by atoms with van der Waals surface area (Å²) in [5.74, 6) is 0.660. The molecular weight excluding hydrogens is 352 g/mol. The molecule has 2 unspecified atom stereocenters. The Balaban J connectivity index is 1.50. The molecule has 2 aromatic carbocycles. The van der Waals surface area contributed by atoms with Gasteiger partial charge in [-0.2, -0.15) is 0 Å². The Hall–Kier alpha value is -3.21. The van der Waals surface area contributed by atoms with Gasteiger partial charge in [-0.1, -0.05) is 30.3 Å². The third-order valence-corrected chi connectivity index (χ3v) is 5.37. The Morgan fingerprint density at radius 1 is 1.25 bits per heavy atom. The van der Waals surface area contributed by atoms with Gasteiger partial charge < -0.3 is 19.7 Å². The van der Waals surface area contributed by atoms with E-state index in [4.69, 9.17) is 4.42 Å². The number of furan rings is 1. The summed E-state index contributed by atoms with van der Waals surface area (Å²) >= 11 is 0. The summed E-state index contributed by atoms with van der Waals surface area (Å²) in [6.45, 7) is 4.63. The van der Waals surface area contributed by atoms with Crippen LogP contribution in [-0.2, 0) is 13.0 Å². The summed E-state index contributed by atoms with van der Waals surface area (Å²) in [6.07, 6.45) is 2.56. The van der Waals surface area contributed by atoms with E-state index in [-0.39, 0.29) is 17.7 Å². The molecule has 1 aliphatic rings. The number of hydrogen-bond acceptors (Lipinski definition) is 4. The second-order valence-corrected chi connectivity index (χ2v) is 7.36. The number of carbonyl (C=O) groups excluding carboxylic acids is 1. The Kier molecular flexibility index (Phi) is 4.82. The summed E-state index contributed by atoms with van der Waals surface area (Å²) in [4.78, 5) is 15.1. The number of phenols is 1. The van der Waals surface area contributed by atoms with Gasteiger partial charge in [-0.3, -0.25) is 4.79 Å². The van der Waals surface area contributed by atoms with Gasteiger partial charge in [0.1, 0.15) is 11.5 Å². The first-order valence-electron chi connectivity index (χ1n) is 9.53. The first-order chi connectivity index (χ1) is 13.5. The monoisotopic (exact) mass is 376 g/mol. The molecule has 2 heterocycles. The number of carbonyl (C=O) groups is 1. The van der Waals surface area contributed by atoms with Crippen LogP contribution in [-0.4, -0.2) is 17.1 Å². The molecule has 1 aromatic heterocycles. The zero-order chi connectivity index (χ0) is 19.7. The number of benzene rings is 2. The van der Waals surface area contributed by atoms with E-state index in [9.17, 15) is 9.90 Å². The highest BCUT2D eigenvalue weighted by atomic mass is 16.3. The summed E-state index contributed by atoms with van der Waals surface area (Å²) in [7, 11) is 0. The molecule has 0 fully saturated rings. The van der Waals surface area contributed by atoms with Crippen molar-refractivity contribution in [2.75, 3.05) is 4.90 Å². The normalized spacial score (nSPS) is 16.6. The lowest BCUT2D eigenvalue weighted by Crippen LogP contribution is -2.31. The summed E-state index contributed by atoms with van der Waals surface area (Å²) in [5, 5.41) is 12.6. The Morgan fingerprint density at radius 3 is 2.89 bits per heavy atom. The van der Waals surface area contributed by atoms with E-state index in [1.807, 2.05) is 19.1 Å². The maximum Gasteiger partial charge on any atom is 0.255 e. The molecule has 28 heavy (non-hydrogen) atoms. The lowest BCUT2D eigenvalue weighted by molar-refractivity contribution is 0.0937. The first-order valence-corrected chi connectivity index (χ1v) is 9.53. The van der Waals surface area contributed by atoms with Gasteiger partial charge in [0.2, 0.25) is 0 Å². The fraction of sp³-hybridized carbons (Fsp3) is 0.261. The zero-order valence-corrected chi connectivity index (χ0v) is 16.1. The molecule has 3 aromatic rings. The predicted octanol–water partition coefficient (Wildman–Crippen LogP) is 4.43. The van der Waals surface area contributed by atoms with Gasteiger partial charge in [-0.25, -0.2) is 0 Å². The number of rotatable bonds is 5. The largest absolute Gasteiger partial charge is 0.508 e. The van der Waals surface area contributed by atoms with Crippen molar-refractivity contribution in [3.63, 3.8) is 0 Å². The van der Waals surface area contributed by atoms with Crippen molar-refractivity contribution >= 4 is 11.6 Å². The molecular formula is C23H24N2O3. The molecule has 0 aliphatic carbocycles. The third-order valence-electron chi connectivity index (χ3n) is 5.37. The van der Waals surface area contributed by atoms with Crippen molar-refractivity contribution in [2.45, 2.75) is 38.9 Å². The third kappa shape index (κ3) is 3.48. The average molecular weight is 376 g/mol. The molecule has 144 valence electrons. The number of para-hydroxylation sites is 1. The van der Waals surface area contributed by atoms with E-state index in [1.54, 1.807) is 30.5 Å². The van der Waals surface area contributed by atoms with Gasteiger partial charge in [0.05, 0.1) is 24.4 Å². The number of anilines is 1. The van der Waals surface area contributed by atoms with E-state index < -0.39 is 0 Å². The molecule has 1 aliphatic heterocycles. The maximum atomic E-state index is 12.8. The predicted molar refractivity (Wildman–Crippen MR) is 108 cm³/mol. The molecule has 2 atom stereocenters. The number of hydrogen-bond donors (Lipinski definition) is 2. The summed E-state index contributed by atoms with van der Waals surface area (Å²) in [5.41, 5.74) is 3.92. The highest BCUT2D eigenvalue weighted by Gasteiger charge is 2.28. The lowest BCUT2D eigenvalue weighted by atomic mass is 10.1. The van der Waals surface area contributed by atoms with Crippen molar-refractivity contribution in [1.29, 1.82) is 0 Å². The van der Waals surface area contributed by atoms with Crippen LogP contribution in [0.1, 0.15) is 47.1 Å². The molecule has 2 N–H and O–H groups in total. The Bertz CT molecular complexity index is 995. The fourth-order valence-electron chi connectivity index (χ4n) is 3.84. The minimum absolute atomic E-state index is 0.181. The van der Waals surface area contributed by atoms with E-state index >= 15 is 0 Å². The fourth-order valence-corrected chi connectivity index (χ4v) is 3.84. The number of nitrogens with one attached hydrogen (secondary N) is 1. The van der Waals surface area contributed by atoms with Gasteiger partial charge in [-0.15, -0.1) is 0 Å². The van der Waals surface area contributed by atoms with Crippen LogP contribution in [0, 0.1) is 0 Å². The average Bonchev–Trinajstić information content (AvgIpc) is 3.27. The maximum absolute atomic E-state index is 12.8. The van der Waals surface area contributed by atoms with Gasteiger partial charge in [0.15, 0.2) is 0 Å². The number of amides is 1. The number of fused-ring (bicyclic) bond motifs is 1. The van der Waals surface area contributed by atoms with Crippen LogP contribution in [0.2, 0.25) is 0 Å². The van der Waals surface area contributed by atoms with E-state index in [0.717, 1.165) is 12.0 Å². The molecule has 5 nitrogen and oxygen atoms in total. The number of aromatic hydroxyl groups is 1. The van der Waals surface area contributed by atoms with E-state index in [0.29, 0.717) is 23.9 Å². The molecule has 0 radical (unpaired) electrons. The van der Waals surface area contributed by atoms with E-state index in [1.165, 1.54) is 11.3 Å². The second kappa shape index (κ2) is 7.43. The lowest BCUT2D eigenvalue weighted by Gasteiger charge is -2.24. The van der Waals surface area contributed by atoms with Crippen molar-refractivity contribution < 1.29 is 14.3 Å². The highest BCUT2D eigenvalue weighted by molar-refractivity contribution is 5.95. The van der Waals surface area contributed by atoms with Crippen LogP contribution >= 0.6 is 0 Å². The Labute approximate surface area is 164 Å². The van der Waals surface area contributed by atoms with Gasteiger partial charge >= 0.3 is 0 Å². The molecule has 1 amide bonds. The SMILES string of the molecule is CC(NC(=O)c1ccoc1CN1c2ccccc2CC1C)c1cccc(O)c1. The standard InChI is InChI=1S/C23H24N2O3/c1-15-12-18-6-3-4-9-21(18)25(15)14-22-20(10-11-28-22)23(27)24-16(2)17-7-5-8-19(26)13-17/h3-11,13,15-16,26H,12,14H2,1-2H3,(H,24,27). The summed E-state index contributed by atoms with van der Waals surface area (Å²) in [6, 6.07) is 17.1. The van der Waals surface area contributed by atoms with E-state index in [2.05, 4.69) is 35.3 Å². The molecule has 0 saturated heterocycles. The van der Waals surface area contributed by atoms with Crippen LogP contribution < -0.4 is 10.2 Å². The number of phenolic OH excluding ortho intramolecular Hbond substituents is 1. The molecule has 0 spiro atoms. The molecule has 0 bridgehead atoms. The minimum atomic E-state index is -0.228. The number of nitrogens with zero attached hydrogens (tertiary/aromatic N) is 1. The minimum Gasteiger partial charge on any atom is -0.508 e. The molecule has 0 saturated carbocycles. The highest BCUT2D eigenvalue weighted by Crippen LogP contribution is 2.33. The zero-order valence-electron chi connectivity index (χ0n) is 16.1. The quantitative estimate of drug-likeness (QED) is 0.691. The smallest absolute Gasteiger partial charge is 0.255 e. The van der Waals surface area contributed by atoms with Crippen LogP contribution in [0.25, 0.3) is 0 Å². The Morgan fingerprint density at radius 2 is 2.07 bits per heavy atom. The van der Waals surface area contributed by atoms with Gasteiger partial charge in [0.25, 0.3) is 5.91 Å². The first kappa shape index (κ1) is 18.2. The van der Waals surface area contributed by atoms with Crippen LogP contribution in [0.15, 0.2) is 65.3 Å². The summed E-state index contributed by atoms with van der Waals surface area (Å²) < 4.78 is 5.67. The van der Waals surface area contributed by atoms with Crippen molar-refractivity contribution in [3.05, 3.63) is 83.3 Å². The van der Waals surface area contributed by atoms with Crippen molar-refractivity contribution in [2.24, 2.45) is 0 Å².